The molecule has 0 amide bonds. The third kappa shape index (κ3) is 1.93. The third-order valence-electron chi connectivity index (χ3n) is 2.13. The van der Waals surface area contributed by atoms with Crippen molar-refractivity contribution in [2.24, 2.45) is 0 Å². The first-order chi connectivity index (χ1) is 7.16. The Hall–Kier alpha value is -1.97. The van der Waals surface area contributed by atoms with Gasteiger partial charge in [-0.1, -0.05) is 6.07 Å². The van der Waals surface area contributed by atoms with Crippen LogP contribution in [0.15, 0.2) is 30.6 Å². The van der Waals surface area contributed by atoms with Crippen molar-refractivity contribution >= 4 is 5.82 Å². The molecule has 0 aliphatic heterocycles. The van der Waals surface area contributed by atoms with Gasteiger partial charge < -0.3 is 5.73 Å². The molecule has 0 saturated heterocycles. The van der Waals surface area contributed by atoms with Crippen LogP contribution in [0, 0.1) is 12.7 Å². The molecule has 0 aliphatic carbocycles. The van der Waals surface area contributed by atoms with E-state index in [1.54, 1.807) is 12.3 Å². The number of hydrogen-bond donors (Lipinski definition) is 1. The van der Waals surface area contributed by atoms with E-state index in [1.807, 2.05) is 6.92 Å². The second-order valence-corrected chi connectivity index (χ2v) is 3.29. The van der Waals surface area contributed by atoms with E-state index in [0.29, 0.717) is 11.5 Å². The minimum atomic E-state index is -0.292. The Morgan fingerprint density at radius 3 is 2.80 bits per heavy atom. The summed E-state index contributed by atoms with van der Waals surface area (Å²) in [4.78, 5) is 8.02. The summed E-state index contributed by atoms with van der Waals surface area (Å²) in [5.41, 5.74) is 7.76. The van der Waals surface area contributed by atoms with Gasteiger partial charge in [0, 0.05) is 5.56 Å². The fourth-order valence-corrected chi connectivity index (χ4v) is 1.38. The second-order valence-electron chi connectivity index (χ2n) is 3.29. The van der Waals surface area contributed by atoms with Gasteiger partial charge in [0.25, 0.3) is 0 Å². The molecule has 2 N–H and O–H groups in total. The van der Waals surface area contributed by atoms with Crippen molar-refractivity contribution in [2.75, 3.05) is 5.73 Å². The van der Waals surface area contributed by atoms with Gasteiger partial charge in [0.05, 0.1) is 18.1 Å². The summed E-state index contributed by atoms with van der Waals surface area (Å²) in [6, 6.07) is 4.55. The number of halogens is 1. The fourth-order valence-electron chi connectivity index (χ4n) is 1.38. The molecule has 3 nitrogen and oxygen atoms in total. The standard InChI is InChI=1S/C11H10FN3/c1-7-2-3-8(12)4-9(7)10-5-14-6-11(13)15-10/h2-6H,1H3,(H2,13,15). The Morgan fingerprint density at radius 1 is 1.27 bits per heavy atom. The predicted molar refractivity (Wildman–Crippen MR) is 56.6 cm³/mol. The first kappa shape index (κ1) is 9.58. The summed E-state index contributed by atoms with van der Waals surface area (Å²) in [6.07, 6.45) is 3.02. The molecule has 15 heavy (non-hydrogen) atoms. The molecule has 1 aromatic carbocycles. The van der Waals surface area contributed by atoms with E-state index in [-0.39, 0.29) is 5.82 Å². The molecule has 1 heterocycles. The SMILES string of the molecule is Cc1ccc(F)cc1-c1cncc(N)n1. The monoisotopic (exact) mass is 203 g/mol. The highest BCUT2D eigenvalue weighted by Gasteiger charge is 2.05. The van der Waals surface area contributed by atoms with Crippen LogP contribution in [0.25, 0.3) is 11.3 Å². The smallest absolute Gasteiger partial charge is 0.142 e. The summed E-state index contributed by atoms with van der Waals surface area (Å²) >= 11 is 0. The van der Waals surface area contributed by atoms with Crippen LogP contribution in [0.3, 0.4) is 0 Å². The fraction of sp³-hybridized carbons (Fsp3) is 0.0909. The highest BCUT2D eigenvalue weighted by molar-refractivity contribution is 5.63. The molecule has 1 aromatic heterocycles. The predicted octanol–water partition coefficient (Wildman–Crippen LogP) is 2.17. The molecule has 0 aliphatic rings. The molecular formula is C11H10FN3. The normalized spacial score (nSPS) is 10.3. The van der Waals surface area contributed by atoms with Gasteiger partial charge in [-0.3, -0.25) is 4.98 Å². The lowest BCUT2D eigenvalue weighted by Crippen LogP contribution is -1.95. The molecular weight excluding hydrogens is 193 g/mol. The van der Waals surface area contributed by atoms with E-state index in [9.17, 15) is 4.39 Å². The number of benzene rings is 1. The topological polar surface area (TPSA) is 51.8 Å². The number of hydrogen-bond acceptors (Lipinski definition) is 3. The lowest BCUT2D eigenvalue weighted by atomic mass is 10.1. The van der Waals surface area contributed by atoms with Crippen LogP contribution in [0.4, 0.5) is 10.2 Å². The zero-order valence-electron chi connectivity index (χ0n) is 8.24. The van der Waals surface area contributed by atoms with Gasteiger partial charge in [-0.15, -0.1) is 0 Å². The second kappa shape index (κ2) is 3.65. The van der Waals surface area contributed by atoms with Crippen molar-refractivity contribution in [3.8, 4) is 11.3 Å². The number of rotatable bonds is 1. The molecule has 4 heteroatoms. The Kier molecular flexibility index (Phi) is 2.33. The Balaban J connectivity index is 2.58. The molecule has 0 unspecified atom stereocenters. The van der Waals surface area contributed by atoms with Crippen molar-refractivity contribution in [3.63, 3.8) is 0 Å². The van der Waals surface area contributed by atoms with Crippen LogP contribution in [0.5, 0.6) is 0 Å². The quantitative estimate of drug-likeness (QED) is 0.772. The molecule has 0 atom stereocenters. The van der Waals surface area contributed by atoms with Gasteiger partial charge >= 0.3 is 0 Å². The van der Waals surface area contributed by atoms with Crippen molar-refractivity contribution in [1.29, 1.82) is 0 Å². The maximum absolute atomic E-state index is 13.1. The van der Waals surface area contributed by atoms with Crippen LogP contribution >= 0.6 is 0 Å². The molecule has 2 aromatic rings. The molecule has 2 rings (SSSR count). The zero-order valence-corrected chi connectivity index (χ0v) is 8.24. The van der Waals surface area contributed by atoms with Gasteiger partial charge in [0.1, 0.15) is 11.6 Å². The lowest BCUT2D eigenvalue weighted by molar-refractivity contribution is 0.628. The third-order valence-corrected chi connectivity index (χ3v) is 2.13. The van der Waals surface area contributed by atoms with E-state index in [0.717, 1.165) is 11.1 Å². The van der Waals surface area contributed by atoms with E-state index in [2.05, 4.69) is 9.97 Å². The van der Waals surface area contributed by atoms with E-state index >= 15 is 0 Å². The van der Waals surface area contributed by atoms with E-state index in [4.69, 9.17) is 5.73 Å². The maximum Gasteiger partial charge on any atom is 0.142 e. The molecule has 0 saturated carbocycles. The summed E-state index contributed by atoms with van der Waals surface area (Å²) in [7, 11) is 0. The first-order valence-corrected chi connectivity index (χ1v) is 4.51. The van der Waals surface area contributed by atoms with Crippen LogP contribution in [-0.2, 0) is 0 Å². The van der Waals surface area contributed by atoms with Gasteiger partial charge in [-0.25, -0.2) is 9.37 Å². The number of anilines is 1. The summed E-state index contributed by atoms with van der Waals surface area (Å²) in [5.74, 6) is 0.0379. The van der Waals surface area contributed by atoms with Gasteiger partial charge in [0.15, 0.2) is 0 Å². The highest BCUT2D eigenvalue weighted by atomic mass is 19.1. The van der Waals surface area contributed by atoms with Gasteiger partial charge in [-0.05, 0) is 24.6 Å². The molecule has 0 fully saturated rings. The summed E-state index contributed by atoms with van der Waals surface area (Å²) in [6.45, 7) is 1.89. The minimum absolute atomic E-state index is 0.292. The molecule has 0 spiro atoms. The zero-order chi connectivity index (χ0) is 10.8. The first-order valence-electron chi connectivity index (χ1n) is 4.51. The van der Waals surface area contributed by atoms with Crippen LogP contribution in [0.2, 0.25) is 0 Å². The van der Waals surface area contributed by atoms with Crippen LogP contribution in [-0.4, -0.2) is 9.97 Å². The number of nitrogens with zero attached hydrogens (tertiary/aromatic N) is 2. The van der Waals surface area contributed by atoms with Gasteiger partial charge in [-0.2, -0.15) is 0 Å². The number of aryl methyl sites for hydroxylation is 1. The summed E-state index contributed by atoms with van der Waals surface area (Å²) < 4.78 is 13.1. The molecule has 0 radical (unpaired) electrons. The average molecular weight is 203 g/mol. The van der Waals surface area contributed by atoms with Crippen molar-refractivity contribution in [3.05, 3.63) is 42.0 Å². The van der Waals surface area contributed by atoms with E-state index in [1.165, 1.54) is 18.3 Å². The summed E-state index contributed by atoms with van der Waals surface area (Å²) in [5, 5.41) is 0. The van der Waals surface area contributed by atoms with Crippen molar-refractivity contribution in [2.45, 2.75) is 6.92 Å². The van der Waals surface area contributed by atoms with Gasteiger partial charge in [0.2, 0.25) is 0 Å². The average Bonchev–Trinajstić information content (AvgIpc) is 2.22. The molecule has 76 valence electrons. The maximum atomic E-state index is 13.1. The van der Waals surface area contributed by atoms with Crippen LogP contribution in [0.1, 0.15) is 5.56 Å². The molecule has 0 bridgehead atoms. The number of aromatic nitrogens is 2. The lowest BCUT2D eigenvalue weighted by Gasteiger charge is -2.05. The van der Waals surface area contributed by atoms with Crippen molar-refractivity contribution in [1.82, 2.24) is 9.97 Å². The highest BCUT2D eigenvalue weighted by Crippen LogP contribution is 2.22. The largest absolute Gasteiger partial charge is 0.382 e. The van der Waals surface area contributed by atoms with E-state index < -0.39 is 0 Å². The number of nitrogen functional groups attached to an aromatic ring is 1. The number of nitrogens with two attached hydrogens (primary N) is 1. The van der Waals surface area contributed by atoms with Crippen LogP contribution < -0.4 is 5.73 Å². The minimum Gasteiger partial charge on any atom is -0.382 e. The Morgan fingerprint density at radius 2 is 2.07 bits per heavy atom. The Bertz CT molecular complexity index is 497. The van der Waals surface area contributed by atoms with Crippen molar-refractivity contribution < 1.29 is 4.39 Å². The Labute approximate surface area is 86.8 Å².